The third-order valence-corrected chi connectivity index (χ3v) is 7.49. The van der Waals surface area contributed by atoms with E-state index in [9.17, 15) is 18.0 Å². The second-order valence-corrected chi connectivity index (χ2v) is 10.2. The number of rotatable bonds is 4. The van der Waals surface area contributed by atoms with Gasteiger partial charge in [-0.15, -0.1) is 0 Å². The topological polar surface area (TPSA) is 101 Å². The van der Waals surface area contributed by atoms with Gasteiger partial charge in [0.15, 0.2) is 0 Å². The van der Waals surface area contributed by atoms with E-state index in [1.807, 2.05) is 26.8 Å². The lowest BCUT2D eigenvalue weighted by Gasteiger charge is -2.33. The average molecular weight is 447 g/mol. The Morgan fingerprint density at radius 3 is 2.35 bits per heavy atom. The van der Waals surface area contributed by atoms with Crippen molar-refractivity contribution in [3.63, 3.8) is 0 Å². The lowest BCUT2D eigenvalue weighted by atomic mass is 9.98. The third-order valence-electron chi connectivity index (χ3n) is 6.18. The van der Waals surface area contributed by atoms with Gasteiger partial charge in [-0.3, -0.25) is 4.79 Å². The van der Waals surface area contributed by atoms with E-state index in [2.05, 4.69) is 0 Å². The molecule has 3 aromatic rings. The van der Waals surface area contributed by atoms with Crippen molar-refractivity contribution >= 4 is 37.9 Å². The van der Waals surface area contributed by atoms with Crippen molar-refractivity contribution in [3.05, 3.63) is 45.0 Å². The van der Waals surface area contributed by atoms with Crippen molar-refractivity contribution in [1.29, 1.82) is 0 Å². The Kier molecular flexibility index (Phi) is 5.43. The number of carbonyl (C=O) groups is 1. The highest BCUT2D eigenvalue weighted by Crippen LogP contribution is 2.32. The van der Waals surface area contributed by atoms with Gasteiger partial charge < -0.3 is 13.7 Å². The number of furan rings is 1. The van der Waals surface area contributed by atoms with Crippen LogP contribution in [0.15, 0.2) is 26.0 Å². The highest BCUT2D eigenvalue weighted by molar-refractivity contribution is 7.88. The van der Waals surface area contributed by atoms with Gasteiger partial charge in [-0.1, -0.05) is 0 Å². The number of carbonyl (C=O) groups excluding carboxylic acids is 1. The van der Waals surface area contributed by atoms with E-state index in [1.54, 1.807) is 11.2 Å². The second-order valence-electron chi connectivity index (χ2n) is 8.21. The molecule has 0 saturated carbocycles. The molecule has 0 N–H and O–H groups in total. The van der Waals surface area contributed by atoms with Crippen LogP contribution in [0.4, 0.5) is 0 Å². The van der Waals surface area contributed by atoms with Gasteiger partial charge in [0.2, 0.25) is 15.9 Å². The Morgan fingerprint density at radius 2 is 1.71 bits per heavy atom. The summed E-state index contributed by atoms with van der Waals surface area (Å²) in [7, 11) is -3.25. The average Bonchev–Trinajstić information content (AvgIpc) is 3.09. The maximum Gasteiger partial charge on any atom is 0.339 e. The summed E-state index contributed by atoms with van der Waals surface area (Å²) >= 11 is 0. The molecule has 2 aromatic heterocycles. The molecule has 1 amide bonds. The van der Waals surface area contributed by atoms with Gasteiger partial charge in [-0.05, 0) is 44.4 Å². The van der Waals surface area contributed by atoms with Crippen molar-refractivity contribution in [1.82, 2.24) is 9.21 Å². The van der Waals surface area contributed by atoms with E-state index in [0.717, 1.165) is 27.5 Å². The molecule has 1 aliphatic rings. The van der Waals surface area contributed by atoms with Crippen molar-refractivity contribution in [2.45, 2.75) is 33.6 Å². The summed E-state index contributed by atoms with van der Waals surface area (Å²) < 4.78 is 35.9. The van der Waals surface area contributed by atoms with Gasteiger partial charge in [-0.25, -0.2) is 13.2 Å². The molecule has 0 radical (unpaired) electrons. The molecule has 1 fully saturated rings. The number of nitrogens with zero attached hydrogens (tertiary/aromatic N) is 2. The number of aryl methyl sites for hydroxylation is 3. The van der Waals surface area contributed by atoms with Crippen LogP contribution in [-0.4, -0.2) is 56.0 Å². The summed E-state index contributed by atoms with van der Waals surface area (Å²) in [5.41, 5.74) is 3.88. The Hall–Kier alpha value is -2.65. The van der Waals surface area contributed by atoms with Gasteiger partial charge in [0.1, 0.15) is 11.2 Å². The second kappa shape index (κ2) is 7.80. The van der Waals surface area contributed by atoms with Crippen LogP contribution in [0.3, 0.4) is 0 Å². The van der Waals surface area contributed by atoms with Crippen LogP contribution in [0, 0.1) is 20.8 Å². The zero-order valence-corrected chi connectivity index (χ0v) is 19.0. The van der Waals surface area contributed by atoms with Gasteiger partial charge in [0, 0.05) is 54.5 Å². The maximum atomic E-state index is 12.7. The number of hydrogen-bond acceptors (Lipinski definition) is 6. The summed E-state index contributed by atoms with van der Waals surface area (Å²) in [6, 6.07) is 1.98. The minimum atomic E-state index is -3.25. The van der Waals surface area contributed by atoms with Crippen molar-refractivity contribution in [3.8, 4) is 0 Å². The lowest BCUT2D eigenvalue weighted by Crippen LogP contribution is -2.50. The van der Waals surface area contributed by atoms with Crippen LogP contribution in [0.1, 0.15) is 28.7 Å². The Morgan fingerprint density at radius 1 is 1.03 bits per heavy atom. The van der Waals surface area contributed by atoms with E-state index in [-0.39, 0.29) is 18.7 Å². The fourth-order valence-electron chi connectivity index (χ4n) is 4.27. The van der Waals surface area contributed by atoms with E-state index in [1.165, 1.54) is 10.6 Å². The molecule has 3 heterocycles. The normalized spacial score (nSPS) is 15.8. The molecule has 9 heteroatoms. The highest BCUT2D eigenvalue weighted by atomic mass is 32.2. The van der Waals surface area contributed by atoms with Crippen LogP contribution < -0.4 is 5.63 Å². The Labute approximate surface area is 180 Å². The monoisotopic (exact) mass is 446 g/mol. The standard InChI is InChI=1S/C22H26N2O6S/c1-13-12-29-20-15(3)21-18(11-17(13)20)14(2)16(22(26)30-21)5-6-19(25)23-7-9-24(10-8-23)31(4,27)28/h11-12H,5-10H2,1-4H3. The van der Waals surface area contributed by atoms with E-state index in [0.29, 0.717) is 42.9 Å². The minimum absolute atomic E-state index is 0.0932. The zero-order valence-electron chi connectivity index (χ0n) is 18.1. The lowest BCUT2D eigenvalue weighted by molar-refractivity contribution is -0.132. The van der Waals surface area contributed by atoms with Crippen LogP contribution >= 0.6 is 0 Å². The Balaban J connectivity index is 1.56. The number of sulfonamides is 1. The van der Waals surface area contributed by atoms with Gasteiger partial charge in [0.25, 0.3) is 0 Å². The fourth-order valence-corrected chi connectivity index (χ4v) is 5.09. The molecule has 0 unspecified atom stereocenters. The molecule has 8 nitrogen and oxygen atoms in total. The van der Waals surface area contributed by atoms with Crippen LogP contribution in [0.2, 0.25) is 0 Å². The largest absolute Gasteiger partial charge is 0.464 e. The first-order valence-corrected chi connectivity index (χ1v) is 12.1. The molecule has 1 saturated heterocycles. The van der Waals surface area contributed by atoms with Crippen molar-refractivity contribution in [2.75, 3.05) is 32.4 Å². The molecular weight excluding hydrogens is 420 g/mol. The van der Waals surface area contributed by atoms with Crippen LogP contribution in [0.25, 0.3) is 21.9 Å². The number of amides is 1. The number of benzene rings is 1. The molecule has 0 spiro atoms. The quantitative estimate of drug-likeness (QED) is 0.571. The molecule has 0 aliphatic carbocycles. The number of piperazine rings is 1. The molecule has 0 bridgehead atoms. The van der Waals surface area contributed by atoms with Crippen molar-refractivity contribution in [2.24, 2.45) is 0 Å². The van der Waals surface area contributed by atoms with Gasteiger partial charge >= 0.3 is 5.63 Å². The molecule has 4 rings (SSSR count). The molecule has 166 valence electrons. The predicted octanol–water partition coefficient (Wildman–Crippen LogP) is 2.50. The van der Waals surface area contributed by atoms with Crippen molar-refractivity contribution < 1.29 is 22.0 Å². The molecule has 0 atom stereocenters. The van der Waals surface area contributed by atoms with E-state index in [4.69, 9.17) is 8.83 Å². The maximum absolute atomic E-state index is 12.7. The SMILES string of the molecule is Cc1coc2c(C)c3oc(=O)c(CCC(=O)N4CCN(S(C)(=O)=O)CC4)c(C)c3cc12. The molecular formula is C22H26N2O6S. The Bertz CT molecular complexity index is 1340. The summed E-state index contributed by atoms with van der Waals surface area (Å²) in [5, 5.41) is 1.83. The summed E-state index contributed by atoms with van der Waals surface area (Å²) in [5.74, 6) is -0.0932. The first-order valence-electron chi connectivity index (χ1n) is 10.2. The minimum Gasteiger partial charge on any atom is -0.464 e. The number of hydrogen-bond donors (Lipinski definition) is 0. The first-order chi connectivity index (χ1) is 14.6. The van der Waals surface area contributed by atoms with Gasteiger partial charge in [-0.2, -0.15) is 4.31 Å². The van der Waals surface area contributed by atoms with Gasteiger partial charge in [0.05, 0.1) is 12.5 Å². The summed E-state index contributed by atoms with van der Waals surface area (Å²) in [4.78, 5) is 27.0. The third kappa shape index (κ3) is 3.87. The first kappa shape index (κ1) is 21.6. The molecule has 1 aliphatic heterocycles. The van der Waals surface area contributed by atoms with E-state index >= 15 is 0 Å². The molecule has 1 aromatic carbocycles. The molecule has 31 heavy (non-hydrogen) atoms. The van der Waals surface area contributed by atoms with Crippen LogP contribution in [0.5, 0.6) is 0 Å². The van der Waals surface area contributed by atoms with E-state index < -0.39 is 15.6 Å². The highest BCUT2D eigenvalue weighted by Gasteiger charge is 2.26. The fraction of sp³-hybridized carbons (Fsp3) is 0.455. The predicted molar refractivity (Wildman–Crippen MR) is 118 cm³/mol. The van der Waals surface area contributed by atoms with Crippen LogP contribution in [-0.2, 0) is 21.2 Å². The summed E-state index contributed by atoms with van der Waals surface area (Å²) in [6.07, 6.45) is 3.30. The summed E-state index contributed by atoms with van der Waals surface area (Å²) in [6.45, 7) is 7.01. The zero-order chi connectivity index (χ0) is 22.5. The smallest absolute Gasteiger partial charge is 0.339 e. The number of fused-ring (bicyclic) bond motifs is 2.